The van der Waals surface area contributed by atoms with Crippen molar-refractivity contribution < 1.29 is 30.7 Å². The molecule has 14 heteroatoms. The first-order valence-electron chi connectivity index (χ1n) is 11.1. The van der Waals surface area contributed by atoms with Gasteiger partial charge in [-0.05, 0) is 35.9 Å². The number of morpholine rings is 1. The van der Waals surface area contributed by atoms with Crippen molar-refractivity contribution in [3.05, 3.63) is 76.7 Å². The van der Waals surface area contributed by atoms with Crippen LogP contribution in [-0.2, 0) is 20.3 Å². The van der Waals surface area contributed by atoms with Crippen molar-refractivity contribution in [2.24, 2.45) is 0 Å². The fourth-order valence-electron chi connectivity index (χ4n) is 3.98. The van der Waals surface area contributed by atoms with Crippen LogP contribution in [0.1, 0.15) is 5.56 Å². The van der Waals surface area contributed by atoms with Crippen LogP contribution >= 0.6 is 22.9 Å². The minimum absolute atomic E-state index is 0.0949. The van der Waals surface area contributed by atoms with E-state index in [-0.39, 0.29) is 21.5 Å². The Morgan fingerprint density at radius 1 is 0.974 bits per heavy atom. The molecule has 1 fully saturated rings. The van der Waals surface area contributed by atoms with E-state index in [1.807, 2.05) is 4.90 Å². The standard InChI is InChI=1S/C24H17ClF4N4O3S2/c25-23-30-7-6-17(31-23)21-20(32-24(37-21)33-8-10-36-11-9-33)18-14(26)5-4-13(19(18)29)12-38(34,35)22-15(27)2-1-3-16(22)28/h1-7H,8-12H2. The molecule has 1 aliphatic heterocycles. The molecule has 5 rings (SSSR count). The maximum Gasteiger partial charge on any atom is 0.222 e. The zero-order valence-corrected chi connectivity index (χ0v) is 21.7. The van der Waals surface area contributed by atoms with Gasteiger partial charge in [0.15, 0.2) is 15.0 Å². The second-order valence-corrected chi connectivity index (χ2v) is 11.4. The third kappa shape index (κ3) is 5.10. The molecule has 0 radical (unpaired) electrons. The van der Waals surface area contributed by atoms with E-state index in [9.17, 15) is 17.2 Å². The molecule has 2 aromatic heterocycles. The quantitative estimate of drug-likeness (QED) is 0.225. The van der Waals surface area contributed by atoms with Gasteiger partial charge in [-0.15, -0.1) is 0 Å². The minimum Gasteiger partial charge on any atom is -0.378 e. The summed E-state index contributed by atoms with van der Waals surface area (Å²) in [5.74, 6) is -5.99. The first-order valence-corrected chi connectivity index (χ1v) is 14.0. The summed E-state index contributed by atoms with van der Waals surface area (Å²) < 4.78 is 90.5. The van der Waals surface area contributed by atoms with Gasteiger partial charge in [-0.25, -0.2) is 40.9 Å². The summed E-state index contributed by atoms with van der Waals surface area (Å²) in [6.07, 6.45) is 1.38. The zero-order chi connectivity index (χ0) is 27.0. The average Bonchev–Trinajstić information content (AvgIpc) is 3.31. The number of anilines is 1. The lowest BCUT2D eigenvalue weighted by Crippen LogP contribution is -2.36. The zero-order valence-electron chi connectivity index (χ0n) is 19.3. The normalized spacial score (nSPS) is 14.2. The lowest BCUT2D eigenvalue weighted by molar-refractivity contribution is 0.122. The maximum absolute atomic E-state index is 15.9. The lowest BCUT2D eigenvalue weighted by atomic mass is 10.0. The SMILES string of the molecule is O=S(=O)(Cc1ccc(F)c(-c2nc(N3CCOCC3)sc2-c2ccnc(Cl)n2)c1F)c1c(F)cccc1F. The lowest BCUT2D eigenvalue weighted by Gasteiger charge is -2.26. The maximum atomic E-state index is 15.9. The van der Waals surface area contributed by atoms with Gasteiger partial charge in [0, 0.05) is 24.8 Å². The van der Waals surface area contributed by atoms with Crippen LogP contribution in [0.3, 0.4) is 0 Å². The van der Waals surface area contributed by atoms with Gasteiger partial charge < -0.3 is 9.64 Å². The summed E-state index contributed by atoms with van der Waals surface area (Å²) in [4.78, 5) is 13.4. The number of thiazole rings is 1. The molecule has 0 N–H and O–H groups in total. The first kappa shape index (κ1) is 26.5. The Labute approximate surface area is 223 Å². The van der Waals surface area contributed by atoms with Crippen molar-refractivity contribution in [3.63, 3.8) is 0 Å². The van der Waals surface area contributed by atoms with Gasteiger partial charge in [-0.2, -0.15) is 0 Å². The van der Waals surface area contributed by atoms with Gasteiger partial charge in [0.2, 0.25) is 5.28 Å². The molecular weight excluding hydrogens is 568 g/mol. The molecule has 0 unspecified atom stereocenters. The summed E-state index contributed by atoms with van der Waals surface area (Å²) >= 11 is 7.07. The fourth-order valence-corrected chi connectivity index (χ4v) is 6.73. The number of nitrogens with zero attached hydrogens (tertiary/aromatic N) is 4. The number of sulfone groups is 1. The van der Waals surface area contributed by atoms with Crippen LogP contribution in [0.4, 0.5) is 22.7 Å². The summed E-state index contributed by atoms with van der Waals surface area (Å²) in [5, 5.41) is 0.348. The Hall–Kier alpha value is -3.13. The average molecular weight is 585 g/mol. The molecule has 0 amide bonds. The van der Waals surface area contributed by atoms with Gasteiger partial charge in [0.1, 0.15) is 28.2 Å². The fraction of sp³-hybridized carbons (Fsp3) is 0.208. The Bertz CT molecular complexity index is 1610. The molecule has 0 spiro atoms. The van der Waals surface area contributed by atoms with Gasteiger partial charge >= 0.3 is 0 Å². The number of hydrogen-bond donors (Lipinski definition) is 0. The Morgan fingerprint density at radius 2 is 1.68 bits per heavy atom. The highest BCUT2D eigenvalue weighted by Gasteiger charge is 2.30. The number of rotatable bonds is 6. The van der Waals surface area contributed by atoms with Crippen LogP contribution in [0.2, 0.25) is 5.28 Å². The number of halogens is 5. The van der Waals surface area contributed by atoms with Crippen LogP contribution in [0, 0.1) is 23.3 Å². The molecule has 1 aliphatic rings. The van der Waals surface area contributed by atoms with Crippen LogP contribution < -0.4 is 4.90 Å². The largest absolute Gasteiger partial charge is 0.378 e. The highest BCUT2D eigenvalue weighted by molar-refractivity contribution is 7.90. The summed E-state index contributed by atoms with van der Waals surface area (Å²) in [6.45, 7) is 1.86. The molecule has 198 valence electrons. The molecule has 7 nitrogen and oxygen atoms in total. The second-order valence-electron chi connectivity index (χ2n) is 8.19. The molecular formula is C24H17ClF4N4O3S2. The Kier molecular flexibility index (Phi) is 7.36. The van der Waals surface area contributed by atoms with Crippen molar-refractivity contribution in [2.45, 2.75) is 10.6 Å². The van der Waals surface area contributed by atoms with E-state index in [1.54, 1.807) is 0 Å². The molecule has 3 heterocycles. The second kappa shape index (κ2) is 10.6. The van der Waals surface area contributed by atoms with Crippen molar-refractivity contribution in [1.82, 2.24) is 15.0 Å². The van der Waals surface area contributed by atoms with Crippen LogP contribution in [0.5, 0.6) is 0 Å². The predicted molar refractivity (Wildman–Crippen MR) is 134 cm³/mol. The van der Waals surface area contributed by atoms with E-state index in [0.29, 0.717) is 31.4 Å². The van der Waals surface area contributed by atoms with Crippen molar-refractivity contribution >= 4 is 37.9 Å². The monoisotopic (exact) mass is 584 g/mol. The molecule has 0 saturated carbocycles. The summed E-state index contributed by atoms with van der Waals surface area (Å²) in [5.41, 5.74) is -0.969. The minimum atomic E-state index is -4.68. The van der Waals surface area contributed by atoms with E-state index >= 15 is 8.78 Å². The summed E-state index contributed by atoms with van der Waals surface area (Å²) in [6, 6.07) is 5.87. The van der Waals surface area contributed by atoms with E-state index in [0.717, 1.165) is 41.7 Å². The number of benzene rings is 2. The Morgan fingerprint density at radius 3 is 2.37 bits per heavy atom. The third-order valence-corrected chi connectivity index (χ3v) is 8.76. The van der Waals surface area contributed by atoms with Gasteiger partial charge in [0.25, 0.3) is 0 Å². The first-order chi connectivity index (χ1) is 18.2. The van der Waals surface area contributed by atoms with Crippen molar-refractivity contribution in [1.29, 1.82) is 0 Å². The Balaban J connectivity index is 1.64. The van der Waals surface area contributed by atoms with E-state index < -0.39 is 54.9 Å². The number of hydrogen-bond acceptors (Lipinski definition) is 8. The van der Waals surface area contributed by atoms with E-state index in [1.165, 1.54) is 12.3 Å². The number of ether oxygens (including phenoxy) is 1. The van der Waals surface area contributed by atoms with Crippen LogP contribution in [0.25, 0.3) is 21.8 Å². The van der Waals surface area contributed by atoms with Crippen molar-refractivity contribution in [2.75, 3.05) is 31.2 Å². The smallest absolute Gasteiger partial charge is 0.222 e. The van der Waals surface area contributed by atoms with Gasteiger partial charge in [-0.1, -0.05) is 23.5 Å². The topological polar surface area (TPSA) is 85.3 Å². The van der Waals surface area contributed by atoms with Crippen LogP contribution in [-0.4, -0.2) is 49.7 Å². The molecule has 4 aromatic rings. The molecule has 2 aromatic carbocycles. The predicted octanol–water partition coefficient (Wildman–Crippen LogP) is 5.29. The van der Waals surface area contributed by atoms with Crippen LogP contribution in [0.15, 0.2) is 47.5 Å². The van der Waals surface area contributed by atoms with Gasteiger partial charge in [0.05, 0.1) is 40.8 Å². The molecule has 0 bridgehead atoms. The molecule has 0 atom stereocenters. The van der Waals surface area contributed by atoms with Crippen molar-refractivity contribution in [3.8, 4) is 21.8 Å². The van der Waals surface area contributed by atoms with E-state index in [2.05, 4.69) is 15.0 Å². The molecule has 1 saturated heterocycles. The highest BCUT2D eigenvalue weighted by atomic mass is 35.5. The highest BCUT2D eigenvalue weighted by Crippen LogP contribution is 2.42. The third-order valence-electron chi connectivity index (χ3n) is 5.74. The van der Waals surface area contributed by atoms with E-state index in [4.69, 9.17) is 16.3 Å². The summed E-state index contributed by atoms with van der Waals surface area (Å²) in [7, 11) is -4.68. The van der Waals surface area contributed by atoms with Gasteiger partial charge in [-0.3, -0.25) is 0 Å². The molecule has 38 heavy (non-hydrogen) atoms. The number of aromatic nitrogens is 3. The molecule has 0 aliphatic carbocycles.